The zero-order valence-corrected chi connectivity index (χ0v) is 26.9. The number of hydrogen-bond acceptors (Lipinski definition) is 9. The summed E-state index contributed by atoms with van der Waals surface area (Å²) in [5.74, 6) is 0.309. The van der Waals surface area contributed by atoms with Crippen LogP contribution in [0.15, 0.2) is 30.5 Å². The lowest BCUT2D eigenvalue weighted by Gasteiger charge is -2.35. The largest absolute Gasteiger partial charge is 0.444 e. The lowest BCUT2D eigenvalue weighted by atomic mass is 9.98. The van der Waals surface area contributed by atoms with Gasteiger partial charge >= 0.3 is 6.09 Å². The summed E-state index contributed by atoms with van der Waals surface area (Å²) in [6, 6.07) is 5.44. The smallest absolute Gasteiger partial charge is 0.408 e. The van der Waals surface area contributed by atoms with E-state index in [2.05, 4.69) is 10.0 Å². The summed E-state index contributed by atoms with van der Waals surface area (Å²) in [6.07, 6.45) is 3.84. The number of rotatable bonds is 6. The van der Waals surface area contributed by atoms with Crippen molar-refractivity contribution >= 4 is 50.8 Å². The van der Waals surface area contributed by atoms with Crippen LogP contribution in [0.25, 0.3) is 5.65 Å². The molecule has 2 aliphatic heterocycles. The van der Waals surface area contributed by atoms with Gasteiger partial charge in [0.1, 0.15) is 11.4 Å². The number of ether oxygens (including phenoxy) is 1. The highest BCUT2D eigenvalue weighted by atomic mass is 35.5. The lowest BCUT2D eigenvalue weighted by Crippen LogP contribution is -2.45. The number of alkyl carbamates (subject to hydrolysis) is 1. The topological polar surface area (TPSA) is 158 Å². The fourth-order valence-corrected chi connectivity index (χ4v) is 6.43. The zero-order valence-electron chi connectivity index (χ0n) is 25.4. The number of fused-ring (bicyclic) bond motifs is 1. The number of benzene rings is 1. The van der Waals surface area contributed by atoms with Crippen molar-refractivity contribution in [3.8, 4) is 0 Å². The predicted octanol–water partition coefficient (Wildman–Crippen LogP) is 3.50. The molecule has 0 saturated carbocycles. The summed E-state index contributed by atoms with van der Waals surface area (Å²) in [5.41, 5.74) is 1.72. The van der Waals surface area contributed by atoms with Gasteiger partial charge in [-0.05, 0) is 65.2 Å². The fraction of sp³-hybridized carbons (Fsp3) is 0.517. The Labute approximate surface area is 261 Å². The maximum absolute atomic E-state index is 13.9. The van der Waals surface area contributed by atoms with Gasteiger partial charge in [0.15, 0.2) is 5.65 Å². The summed E-state index contributed by atoms with van der Waals surface area (Å²) in [4.78, 5) is 34.6. The number of amides is 2. The molecule has 2 amide bonds. The molecule has 15 heteroatoms. The van der Waals surface area contributed by atoms with Crippen LogP contribution in [0.2, 0.25) is 5.02 Å². The molecule has 2 aliphatic rings. The number of nitrogens with one attached hydrogen (secondary N) is 2. The number of halogens is 1. The molecule has 2 aromatic heterocycles. The van der Waals surface area contributed by atoms with E-state index in [1.165, 1.54) is 18.2 Å². The van der Waals surface area contributed by atoms with E-state index in [0.717, 1.165) is 24.7 Å². The number of aromatic nitrogens is 3. The van der Waals surface area contributed by atoms with Crippen molar-refractivity contribution in [3.05, 3.63) is 52.3 Å². The molecule has 2 fully saturated rings. The number of aliphatic hydroxyl groups is 1. The quantitative estimate of drug-likeness (QED) is 0.364. The number of aryl methyl sites for hydroxylation is 1. The molecule has 0 spiro atoms. The van der Waals surface area contributed by atoms with Gasteiger partial charge in [0.25, 0.3) is 5.91 Å². The minimum Gasteiger partial charge on any atom is -0.444 e. The van der Waals surface area contributed by atoms with E-state index >= 15 is 0 Å². The van der Waals surface area contributed by atoms with Crippen LogP contribution >= 0.6 is 11.6 Å². The van der Waals surface area contributed by atoms with Crippen molar-refractivity contribution in [2.24, 2.45) is 0 Å². The minimum absolute atomic E-state index is 0.162. The molecule has 44 heavy (non-hydrogen) atoms. The molecule has 238 valence electrons. The Morgan fingerprint density at radius 2 is 1.91 bits per heavy atom. The highest BCUT2D eigenvalue weighted by molar-refractivity contribution is 7.92. The summed E-state index contributed by atoms with van der Waals surface area (Å²) in [6.45, 7) is 8.33. The Bertz CT molecular complexity index is 1690. The molecule has 0 bridgehead atoms. The fourth-order valence-electron chi connectivity index (χ4n) is 5.68. The number of sulfonamides is 1. The first kappa shape index (κ1) is 31.8. The van der Waals surface area contributed by atoms with Crippen molar-refractivity contribution in [1.29, 1.82) is 0 Å². The first-order valence-corrected chi connectivity index (χ1v) is 16.7. The predicted molar refractivity (Wildman–Crippen MR) is 167 cm³/mol. The third-order valence-electron chi connectivity index (χ3n) is 7.53. The summed E-state index contributed by atoms with van der Waals surface area (Å²) in [7, 11) is -3.63. The number of aliphatic hydroxyl groups excluding tert-OH is 1. The first-order valence-electron chi connectivity index (χ1n) is 14.5. The van der Waals surface area contributed by atoms with Crippen molar-refractivity contribution in [2.45, 2.75) is 70.7 Å². The van der Waals surface area contributed by atoms with Gasteiger partial charge in [0, 0.05) is 42.5 Å². The van der Waals surface area contributed by atoms with E-state index in [9.17, 15) is 23.1 Å². The molecular weight excluding hydrogens is 610 g/mol. The van der Waals surface area contributed by atoms with Gasteiger partial charge in [0.05, 0.1) is 41.4 Å². The van der Waals surface area contributed by atoms with Crippen LogP contribution in [0.1, 0.15) is 67.7 Å². The third-order valence-corrected chi connectivity index (χ3v) is 8.35. The van der Waals surface area contributed by atoms with Crippen molar-refractivity contribution in [3.63, 3.8) is 0 Å². The molecule has 2 saturated heterocycles. The van der Waals surface area contributed by atoms with Gasteiger partial charge < -0.3 is 25.0 Å². The second kappa shape index (κ2) is 12.1. The van der Waals surface area contributed by atoms with E-state index in [0.29, 0.717) is 41.7 Å². The molecular formula is C29H38ClN7O6S. The maximum Gasteiger partial charge on any atom is 0.408 e. The number of anilines is 2. The summed E-state index contributed by atoms with van der Waals surface area (Å²) in [5, 5.41) is 18.5. The molecule has 3 atom stereocenters. The van der Waals surface area contributed by atoms with Crippen LogP contribution in [0.5, 0.6) is 0 Å². The first-order chi connectivity index (χ1) is 20.6. The summed E-state index contributed by atoms with van der Waals surface area (Å²) < 4.78 is 33.4. The zero-order chi connectivity index (χ0) is 32.0. The van der Waals surface area contributed by atoms with Crippen LogP contribution in [0.4, 0.5) is 16.3 Å². The number of hydrogen-bond donors (Lipinski definition) is 3. The van der Waals surface area contributed by atoms with Gasteiger partial charge in [-0.15, -0.1) is 0 Å². The maximum atomic E-state index is 13.9. The molecule has 3 aromatic rings. The molecule has 5 rings (SSSR count). The molecule has 1 aromatic carbocycles. The van der Waals surface area contributed by atoms with Crippen LogP contribution in [0, 0.1) is 6.92 Å². The lowest BCUT2D eigenvalue weighted by molar-refractivity contribution is 0.0461. The van der Waals surface area contributed by atoms with Crippen LogP contribution in [-0.2, 0) is 14.8 Å². The van der Waals surface area contributed by atoms with E-state index in [1.807, 2.05) is 24.1 Å². The van der Waals surface area contributed by atoms with Gasteiger partial charge in [-0.3, -0.25) is 9.52 Å². The molecule has 13 nitrogen and oxygen atoms in total. The van der Waals surface area contributed by atoms with E-state index in [1.54, 1.807) is 30.2 Å². The Balaban J connectivity index is 1.39. The van der Waals surface area contributed by atoms with E-state index in [4.69, 9.17) is 26.4 Å². The van der Waals surface area contributed by atoms with Crippen LogP contribution in [0.3, 0.4) is 0 Å². The van der Waals surface area contributed by atoms with Crippen LogP contribution < -0.4 is 14.9 Å². The number of likely N-dealkylation sites (tertiary alicyclic amines) is 1. The molecule has 0 aliphatic carbocycles. The third kappa shape index (κ3) is 7.19. The normalized spacial score (nSPS) is 21.0. The van der Waals surface area contributed by atoms with Gasteiger partial charge in [0.2, 0.25) is 10.0 Å². The average molecular weight is 648 g/mol. The number of carbonyl (C=O) groups excluding carboxylic acids is 2. The Morgan fingerprint density at radius 1 is 1.16 bits per heavy atom. The number of nitrogens with zero attached hydrogens (tertiary/aromatic N) is 5. The summed E-state index contributed by atoms with van der Waals surface area (Å²) >= 11 is 6.21. The Hall–Kier alpha value is -3.62. The standard InChI is InChI=1S/C29H38ClN7O6S/c1-17-14-37-25(32-26(17)35-15-22(24(38)16-35)31-28(40)43-29(2,3)4)13-21(33-37)23-8-6-7-11-36(23)27(39)19-12-18(30)9-10-20(19)34-44(5,41)42/h9-10,12-14,22-24,34,38H,6-8,11,15-16H2,1-5H3,(H,31,40)/t22-,23+,24-/m1/s1. The van der Waals surface area contributed by atoms with E-state index < -0.39 is 33.9 Å². The monoisotopic (exact) mass is 647 g/mol. The SMILES string of the molecule is Cc1cn2nc([C@@H]3CCCCN3C(=O)c3cc(Cl)ccc3NS(C)(=O)=O)cc2nc1N1C[C@@H](O)[C@H](NC(=O)OC(C)(C)C)C1. The Kier molecular flexibility index (Phi) is 8.71. The van der Waals surface area contributed by atoms with Gasteiger partial charge in [-0.2, -0.15) is 5.10 Å². The number of piperidine rings is 1. The van der Waals surface area contributed by atoms with Gasteiger partial charge in [-0.25, -0.2) is 22.7 Å². The number of β-amino-alcohol motifs (C(OH)–C–C–N with tert-alkyl or cyclic N) is 1. The van der Waals surface area contributed by atoms with Crippen molar-refractivity contribution in [2.75, 3.05) is 35.5 Å². The van der Waals surface area contributed by atoms with Crippen molar-refractivity contribution < 1.29 is 27.9 Å². The van der Waals surface area contributed by atoms with Crippen LogP contribution in [-0.4, -0.2) is 88.7 Å². The minimum atomic E-state index is -3.63. The molecule has 4 heterocycles. The highest BCUT2D eigenvalue weighted by Gasteiger charge is 2.36. The van der Waals surface area contributed by atoms with Crippen molar-refractivity contribution in [1.82, 2.24) is 24.8 Å². The molecule has 0 unspecified atom stereocenters. The second-order valence-corrected chi connectivity index (χ2v) is 14.6. The Morgan fingerprint density at radius 3 is 2.61 bits per heavy atom. The highest BCUT2D eigenvalue weighted by Crippen LogP contribution is 2.34. The second-order valence-electron chi connectivity index (χ2n) is 12.4. The van der Waals surface area contributed by atoms with E-state index in [-0.39, 0.29) is 29.7 Å². The van der Waals surface area contributed by atoms with Gasteiger partial charge in [-0.1, -0.05) is 11.6 Å². The molecule has 0 radical (unpaired) electrons. The average Bonchev–Trinajstić information content (AvgIpc) is 3.49. The molecule has 3 N–H and O–H groups in total. The number of carbonyl (C=O) groups is 2.